The molecule has 0 heterocycles. The van der Waals surface area contributed by atoms with Crippen molar-refractivity contribution in [2.45, 2.75) is 58.0 Å². The molecule has 0 radical (unpaired) electrons. The van der Waals surface area contributed by atoms with Gasteiger partial charge >= 0.3 is 0 Å². The summed E-state index contributed by atoms with van der Waals surface area (Å²) in [7, 11) is 0. The number of nitrogens with zero attached hydrogens (tertiary/aromatic N) is 1. The third kappa shape index (κ3) is 7.54. The van der Waals surface area contributed by atoms with E-state index < -0.39 is 6.04 Å². The molecule has 2 aromatic carbocycles. The average molecular weight is 465 g/mol. The predicted molar refractivity (Wildman–Crippen MR) is 127 cm³/mol. The zero-order chi connectivity index (χ0) is 22.8. The average Bonchev–Trinajstić information content (AvgIpc) is 2.76. The van der Waals surface area contributed by atoms with E-state index in [1.54, 1.807) is 29.2 Å². The summed E-state index contributed by atoms with van der Waals surface area (Å²) in [4.78, 5) is 27.7. The Morgan fingerprint density at radius 3 is 2.32 bits per heavy atom. The van der Waals surface area contributed by atoms with Crippen molar-refractivity contribution in [3.63, 3.8) is 0 Å². The molecule has 0 aliphatic carbocycles. The number of carbonyl (C=O) groups is 2. The Labute approximate surface area is 193 Å². The molecule has 7 heteroatoms. The molecule has 2 aromatic rings. The standard InChI is InChI=1S/C24H30ClFN2O2S/c1-4-17(3)27-24(30)22(5-2)28(14-18-10-6-8-12-20(18)25)23(29)16-31-15-19-11-7-9-13-21(19)26/h6-13,17,22H,4-5,14-16H2,1-3H3,(H,27,30)/t17-,22-/m0/s1. The molecular formula is C24H30ClFN2O2S. The Kier molecular flexibility index (Phi) is 10.3. The maximum atomic E-state index is 13.9. The Morgan fingerprint density at radius 1 is 1.06 bits per heavy atom. The molecular weight excluding hydrogens is 435 g/mol. The number of hydrogen-bond donors (Lipinski definition) is 1. The van der Waals surface area contributed by atoms with Crippen molar-refractivity contribution in [1.82, 2.24) is 10.2 Å². The lowest BCUT2D eigenvalue weighted by Gasteiger charge is -2.31. The summed E-state index contributed by atoms with van der Waals surface area (Å²) in [5.74, 6) is -0.0985. The summed E-state index contributed by atoms with van der Waals surface area (Å²) < 4.78 is 13.9. The van der Waals surface area contributed by atoms with E-state index in [-0.39, 0.29) is 36.0 Å². The van der Waals surface area contributed by atoms with Crippen LogP contribution in [-0.2, 0) is 21.9 Å². The van der Waals surface area contributed by atoms with Gasteiger partial charge in [0.05, 0.1) is 5.75 Å². The van der Waals surface area contributed by atoms with Gasteiger partial charge in [-0.2, -0.15) is 0 Å². The van der Waals surface area contributed by atoms with Crippen molar-refractivity contribution < 1.29 is 14.0 Å². The molecule has 168 valence electrons. The van der Waals surface area contributed by atoms with Gasteiger partial charge in [0.25, 0.3) is 0 Å². The Balaban J connectivity index is 2.16. The van der Waals surface area contributed by atoms with Crippen LogP contribution in [-0.4, -0.2) is 34.6 Å². The lowest BCUT2D eigenvalue weighted by Crippen LogP contribution is -2.51. The molecule has 1 N–H and O–H groups in total. The van der Waals surface area contributed by atoms with E-state index in [0.29, 0.717) is 22.8 Å². The van der Waals surface area contributed by atoms with Crippen molar-refractivity contribution in [3.05, 3.63) is 70.5 Å². The summed E-state index contributed by atoms with van der Waals surface area (Å²) in [6.07, 6.45) is 1.29. The van der Waals surface area contributed by atoms with Crippen LogP contribution in [0.5, 0.6) is 0 Å². The summed E-state index contributed by atoms with van der Waals surface area (Å²) in [6.45, 7) is 6.07. The van der Waals surface area contributed by atoms with Crippen molar-refractivity contribution in [3.8, 4) is 0 Å². The van der Waals surface area contributed by atoms with Crippen LogP contribution in [0.15, 0.2) is 48.5 Å². The zero-order valence-electron chi connectivity index (χ0n) is 18.2. The Hall–Kier alpha value is -2.05. The normalized spacial score (nSPS) is 12.8. The molecule has 4 nitrogen and oxygen atoms in total. The molecule has 0 saturated carbocycles. The lowest BCUT2D eigenvalue weighted by molar-refractivity contribution is -0.139. The van der Waals surface area contributed by atoms with E-state index in [0.717, 1.165) is 12.0 Å². The summed E-state index contributed by atoms with van der Waals surface area (Å²) in [6, 6.07) is 13.3. The van der Waals surface area contributed by atoms with Gasteiger partial charge in [-0.3, -0.25) is 9.59 Å². The van der Waals surface area contributed by atoms with Crippen molar-refractivity contribution in [1.29, 1.82) is 0 Å². The van der Waals surface area contributed by atoms with Gasteiger partial charge in [0.15, 0.2) is 0 Å². The van der Waals surface area contributed by atoms with Gasteiger partial charge in [0.1, 0.15) is 11.9 Å². The third-order valence-corrected chi connectivity index (χ3v) is 6.46. The first-order valence-corrected chi connectivity index (χ1v) is 12.0. The fourth-order valence-electron chi connectivity index (χ4n) is 3.12. The van der Waals surface area contributed by atoms with E-state index >= 15 is 0 Å². The minimum Gasteiger partial charge on any atom is -0.352 e. The minimum atomic E-state index is -0.605. The second kappa shape index (κ2) is 12.7. The largest absolute Gasteiger partial charge is 0.352 e. The molecule has 0 unspecified atom stereocenters. The van der Waals surface area contributed by atoms with E-state index in [1.807, 2.05) is 39.0 Å². The monoisotopic (exact) mass is 464 g/mol. The first kappa shape index (κ1) is 25.2. The minimum absolute atomic E-state index is 0.0225. The highest BCUT2D eigenvalue weighted by molar-refractivity contribution is 7.99. The summed E-state index contributed by atoms with van der Waals surface area (Å²) in [5, 5.41) is 3.54. The highest BCUT2D eigenvalue weighted by Crippen LogP contribution is 2.22. The molecule has 2 atom stereocenters. The molecule has 0 aliphatic rings. The Bertz CT molecular complexity index is 880. The molecule has 2 rings (SSSR count). The SMILES string of the molecule is CC[C@H](C)NC(=O)[C@H](CC)N(Cc1ccccc1Cl)C(=O)CSCc1ccccc1F. The van der Waals surface area contributed by atoms with Crippen molar-refractivity contribution in [2.24, 2.45) is 0 Å². The van der Waals surface area contributed by atoms with E-state index in [9.17, 15) is 14.0 Å². The van der Waals surface area contributed by atoms with Gasteiger partial charge in [0, 0.05) is 23.4 Å². The molecule has 31 heavy (non-hydrogen) atoms. The number of thioether (sulfide) groups is 1. The first-order valence-electron chi connectivity index (χ1n) is 10.5. The molecule has 0 aromatic heterocycles. The lowest BCUT2D eigenvalue weighted by atomic mass is 10.1. The molecule has 0 spiro atoms. The molecule has 0 bridgehead atoms. The van der Waals surface area contributed by atoms with Gasteiger partial charge in [-0.1, -0.05) is 61.8 Å². The Morgan fingerprint density at radius 2 is 1.71 bits per heavy atom. The predicted octanol–water partition coefficient (Wildman–Crippen LogP) is 5.43. The summed E-state index contributed by atoms with van der Waals surface area (Å²) in [5.41, 5.74) is 1.34. The van der Waals surface area contributed by atoms with Gasteiger partial charge in [-0.25, -0.2) is 4.39 Å². The van der Waals surface area contributed by atoms with Gasteiger partial charge in [-0.15, -0.1) is 11.8 Å². The fraction of sp³-hybridized carbons (Fsp3) is 0.417. The van der Waals surface area contributed by atoms with Crippen molar-refractivity contribution in [2.75, 3.05) is 5.75 Å². The number of rotatable bonds is 11. The fourth-order valence-corrected chi connectivity index (χ4v) is 4.21. The number of halogens is 2. The van der Waals surface area contributed by atoms with Gasteiger partial charge in [0.2, 0.25) is 11.8 Å². The van der Waals surface area contributed by atoms with Gasteiger partial charge < -0.3 is 10.2 Å². The van der Waals surface area contributed by atoms with E-state index in [2.05, 4.69) is 5.32 Å². The van der Waals surface area contributed by atoms with Gasteiger partial charge in [-0.05, 0) is 43.0 Å². The highest BCUT2D eigenvalue weighted by Gasteiger charge is 2.29. The molecule has 0 saturated heterocycles. The molecule has 0 fully saturated rings. The van der Waals surface area contributed by atoms with E-state index in [4.69, 9.17) is 11.6 Å². The van der Waals surface area contributed by atoms with Crippen LogP contribution in [0.3, 0.4) is 0 Å². The van der Waals surface area contributed by atoms with Crippen LogP contribution in [0.4, 0.5) is 4.39 Å². The summed E-state index contributed by atoms with van der Waals surface area (Å²) >= 11 is 7.66. The number of carbonyl (C=O) groups excluding carboxylic acids is 2. The number of hydrogen-bond acceptors (Lipinski definition) is 3. The maximum Gasteiger partial charge on any atom is 0.243 e. The number of nitrogens with one attached hydrogen (secondary N) is 1. The highest BCUT2D eigenvalue weighted by atomic mass is 35.5. The molecule has 0 aliphatic heterocycles. The van der Waals surface area contributed by atoms with Crippen LogP contribution >= 0.6 is 23.4 Å². The topological polar surface area (TPSA) is 49.4 Å². The zero-order valence-corrected chi connectivity index (χ0v) is 19.8. The third-order valence-electron chi connectivity index (χ3n) is 5.13. The number of amides is 2. The first-order chi connectivity index (χ1) is 14.9. The smallest absolute Gasteiger partial charge is 0.243 e. The quantitative estimate of drug-likeness (QED) is 0.482. The van der Waals surface area contributed by atoms with Crippen LogP contribution in [0.25, 0.3) is 0 Å². The second-order valence-electron chi connectivity index (χ2n) is 7.44. The number of benzene rings is 2. The van der Waals surface area contributed by atoms with Crippen molar-refractivity contribution >= 4 is 35.2 Å². The second-order valence-corrected chi connectivity index (χ2v) is 8.83. The van der Waals surface area contributed by atoms with Crippen LogP contribution < -0.4 is 5.32 Å². The maximum absolute atomic E-state index is 13.9. The molecule has 2 amide bonds. The van der Waals surface area contributed by atoms with Crippen LogP contribution in [0.1, 0.15) is 44.7 Å². The van der Waals surface area contributed by atoms with E-state index in [1.165, 1.54) is 17.8 Å². The van der Waals surface area contributed by atoms with Crippen LogP contribution in [0.2, 0.25) is 5.02 Å². The van der Waals surface area contributed by atoms with Crippen LogP contribution in [0, 0.1) is 5.82 Å².